The number of sulfonamides is 1. The molecule has 100 valence electrons. The molecule has 0 heterocycles. The molecule has 0 fully saturated rings. The molecule has 9 heteroatoms. The third kappa shape index (κ3) is 4.18. The highest BCUT2D eigenvalue weighted by Gasteiger charge is 2.14. The van der Waals surface area contributed by atoms with Crippen LogP contribution in [0, 0.1) is 10.1 Å². The standard InChI is InChI=1S/C9H13N3O5S/c1-10-6-17-9-5-7(12(13)14)3-4-8(9)11-18(2,15)16/h3-5,10-11H,6H2,1-2H3. The Bertz CT molecular complexity index is 543. The summed E-state index contributed by atoms with van der Waals surface area (Å²) in [5.41, 5.74) is -0.0292. The molecule has 0 aliphatic heterocycles. The molecule has 1 aromatic carbocycles. The van der Waals surface area contributed by atoms with Gasteiger partial charge in [0.1, 0.15) is 6.73 Å². The first kappa shape index (κ1) is 14.2. The summed E-state index contributed by atoms with van der Waals surface area (Å²) in [5, 5.41) is 13.3. The number of nitro benzene ring substituents is 1. The number of hydrogen-bond acceptors (Lipinski definition) is 6. The van der Waals surface area contributed by atoms with Gasteiger partial charge in [-0.15, -0.1) is 0 Å². The Labute approximate surface area is 104 Å². The summed E-state index contributed by atoms with van der Waals surface area (Å²) in [7, 11) is -1.85. The number of benzene rings is 1. The SMILES string of the molecule is CNCOc1cc([N+](=O)[O-])ccc1NS(C)(=O)=O. The van der Waals surface area contributed by atoms with Gasteiger partial charge < -0.3 is 4.74 Å². The van der Waals surface area contributed by atoms with Gasteiger partial charge in [-0.05, 0) is 13.1 Å². The first-order valence-corrected chi connectivity index (χ1v) is 6.76. The average molecular weight is 275 g/mol. The average Bonchev–Trinajstić information content (AvgIpc) is 2.25. The highest BCUT2D eigenvalue weighted by molar-refractivity contribution is 7.92. The van der Waals surface area contributed by atoms with Crippen LogP contribution in [0.15, 0.2) is 18.2 Å². The lowest BCUT2D eigenvalue weighted by atomic mass is 10.2. The van der Waals surface area contributed by atoms with E-state index < -0.39 is 14.9 Å². The summed E-state index contributed by atoms with van der Waals surface area (Å²) in [5.74, 6) is 0.0870. The van der Waals surface area contributed by atoms with Gasteiger partial charge in [0.15, 0.2) is 5.75 Å². The topological polar surface area (TPSA) is 111 Å². The zero-order valence-corrected chi connectivity index (χ0v) is 10.7. The highest BCUT2D eigenvalue weighted by atomic mass is 32.2. The molecule has 1 aromatic rings. The van der Waals surface area contributed by atoms with Crippen molar-refractivity contribution >= 4 is 21.4 Å². The fraction of sp³-hybridized carbons (Fsp3) is 0.333. The Hall–Kier alpha value is -1.87. The number of hydrogen-bond donors (Lipinski definition) is 2. The van der Waals surface area contributed by atoms with E-state index in [-0.39, 0.29) is 23.9 Å². The second-order valence-electron chi connectivity index (χ2n) is 3.45. The third-order valence-electron chi connectivity index (χ3n) is 1.84. The molecule has 0 atom stereocenters. The van der Waals surface area contributed by atoms with Crippen LogP contribution in [-0.2, 0) is 10.0 Å². The monoisotopic (exact) mass is 275 g/mol. The summed E-state index contributed by atoms with van der Waals surface area (Å²) in [6, 6.07) is 3.63. The molecule has 2 N–H and O–H groups in total. The quantitative estimate of drug-likeness (QED) is 0.445. The van der Waals surface area contributed by atoms with Crippen molar-refractivity contribution < 1.29 is 18.1 Å². The Morgan fingerprint density at radius 3 is 2.61 bits per heavy atom. The molecular weight excluding hydrogens is 262 g/mol. The minimum atomic E-state index is -3.48. The molecule has 8 nitrogen and oxygen atoms in total. The number of nitrogens with one attached hydrogen (secondary N) is 2. The first-order chi connectivity index (χ1) is 8.33. The van der Waals surface area contributed by atoms with Gasteiger partial charge in [0.05, 0.1) is 22.9 Å². The largest absolute Gasteiger partial charge is 0.476 e. The molecule has 18 heavy (non-hydrogen) atoms. The minimum Gasteiger partial charge on any atom is -0.476 e. The Morgan fingerprint density at radius 2 is 2.11 bits per heavy atom. The van der Waals surface area contributed by atoms with Crippen LogP contribution in [0.4, 0.5) is 11.4 Å². The number of non-ortho nitro benzene ring substituents is 1. The van der Waals surface area contributed by atoms with Gasteiger partial charge in [0.2, 0.25) is 10.0 Å². The van der Waals surface area contributed by atoms with Crippen LogP contribution in [0.1, 0.15) is 0 Å². The van der Waals surface area contributed by atoms with Gasteiger partial charge in [-0.3, -0.25) is 20.2 Å². The lowest BCUT2D eigenvalue weighted by molar-refractivity contribution is -0.384. The van der Waals surface area contributed by atoms with E-state index >= 15 is 0 Å². The number of rotatable bonds is 6. The summed E-state index contributed by atoms with van der Waals surface area (Å²) in [6.45, 7) is 0.0968. The summed E-state index contributed by atoms with van der Waals surface area (Å²) >= 11 is 0. The predicted octanol–water partition coefficient (Wildman–Crippen LogP) is 0.522. The zero-order chi connectivity index (χ0) is 13.8. The number of nitrogens with zero attached hydrogens (tertiary/aromatic N) is 1. The van der Waals surface area contributed by atoms with Crippen LogP contribution in [0.25, 0.3) is 0 Å². The van der Waals surface area contributed by atoms with Crippen LogP contribution in [0.5, 0.6) is 5.75 Å². The van der Waals surface area contributed by atoms with Gasteiger partial charge in [-0.25, -0.2) is 8.42 Å². The Balaban J connectivity index is 3.11. The molecule has 0 aromatic heterocycles. The fourth-order valence-corrected chi connectivity index (χ4v) is 1.75. The smallest absolute Gasteiger partial charge is 0.273 e. The normalized spacial score (nSPS) is 11.0. The number of ether oxygens (including phenoxy) is 1. The minimum absolute atomic E-state index is 0.0870. The van der Waals surface area contributed by atoms with E-state index in [2.05, 4.69) is 10.0 Å². The maximum atomic E-state index is 11.1. The molecule has 0 amide bonds. The molecule has 1 rings (SSSR count). The first-order valence-electron chi connectivity index (χ1n) is 4.87. The van der Waals surface area contributed by atoms with Gasteiger partial charge in [0, 0.05) is 6.07 Å². The molecule has 0 aliphatic carbocycles. The van der Waals surface area contributed by atoms with Gasteiger partial charge >= 0.3 is 0 Å². The summed E-state index contributed by atoms with van der Waals surface area (Å²) in [6.07, 6.45) is 0.982. The van der Waals surface area contributed by atoms with E-state index in [9.17, 15) is 18.5 Å². The van der Waals surface area contributed by atoms with Crippen LogP contribution in [0.3, 0.4) is 0 Å². The zero-order valence-electron chi connectivity index (χ0n) is 9.84. The molecule has 0 aliphatic rings. The van der Waals surface area contributed by atoms with E-state index in [1.807, 2.05) is 0 Å². The molecule has 0 spiro atoms. The highest BCUT2D eigenvalue weighted by Crippen LogP contribution is 2.29. The second-order valence-corrected chi connectivity index (χ2v) is 5.20. The van der Waals surface area contributed by atoms with Gasteiger partial charge in [-0.1, -0.05) is 0 Å². The summed E-state index contributed by atoms with van der Waals surface area (Å²) < 4.78 is 29.7. The van der Waals surface area contributed by atoms with Crippen molar-refractivity contribution in [3.8, 4) is 5.75 Å². The molecule has 0 saturated carbocycles. The van der Waals surface area contributed by atoms with Crippen molar-refractivity contribution in [1.82, 2.24) is 5.32 Å². The lowest BCUT2D eigenvalue weighted by Gasteiger charge is -2.11. The van der Waals surface area contributed by atoms with Crippen molar-refractivity contribution in [2.24, 2.45) is 0 Å². The molecule has 0 unspecified atom stereocenters. The van der Waals surface area contributed by atoms with E-state index in [0.717, 1.165) is 12.3 Å². The maximum absolute atomic E-state index is 11.1. The van der Waals surface area contributed by atoms with E-state index in [0.29, 0.717) is 0 Å². The predicted molar refractivity (Wildman–Crippen MR) is 66.1 cm³/mol. The lowest BCUT2D eigenvalue weighted by Crippen LogP contribution is -2.16. The Kier molecular flexibility index (Phi) is 4.45. The van der Waals surface area contributed by atoms with Gasteiger partial charge in [-0.2, -0.15) is 0 Å². The van der Waals surface area contributed by atoms with E-state index in [1.165, 1.54) is 12.1 Å². The Morgan fingerprint density at radius 1 is 1.44 bits per heavy atom. The van der Waals surface area contributed by atoms with Crippen LogP contribution < -0.4 is 14.8 Å². The maximum Gasteiger partial charge on any atom is 0.273 e. The fourth-order valence-electron chi connectivity index (χ4n) is 1.18. The van der Waals surface area contributed by atoms with Crippen LogP contribution >= 0.6 is 0 Å². The van der Waals surface area contributed by atoms with Crippen molar-refractivity contribution in [3.63, 3.8) is 0 Å². The third-order valence-corrected chi connectivity index (χ3v) is 2.43. The number of nitro groups is 1. The number of anilines is 1. The van der Waals surface area contributed by atoms with E-state index in [1.54, 1.807) is 7.05 Å². The molecule has 0 saturated heterocycles. The van der Waals surface area contributed by atoms with E-state index in [4.69, 9.17) is 4.74 Å². The molecule has 0 bridgehead atoms. The second kappa shape index (κ2) is 5.65. The molecular formula is C9H13N3O5S. The summed E-state index contributed by atoms with van der Waals surface area (Å²) in [4.78, 5) is 10.0. The van der Waals surface area contributed by atoms with Gasteiger partial charge in [0.25, 0.3) is 5.69 Å². The van der Waals surface area contributed by atoms with Crippen LogP contribution in [0.2, 0.25) is 0 Å². The van der Waals surface area contributed by atoms with Crippen molar-refractivity contribution in [2.45, 2.75) is 0 Å². The van der Waals surface area contributed by atoms with Crippen molar-refractivity contribution in [1.29, 1.82) is 0 Å². The van der Waals surface area contributed by atoms with Crippen molar-refractivity contribution in [2.75, 3.05) is 24.8 Å². The molecule has 0 radical (unpaired) electrons. The van der Waals surface area contributed by atoms with Crippen LogP contribution in [-0.4, -0.2) is 33.4 Å². The van der Waals surface area contributed by atoms with Crippen molar-refractivity contribution in [3.05, 3.63) is 28.3 Å².